The molecular weight excluding hydrogens is 318 g/mol. The summed E-state index contributed by atoms with van der Waals surface area (Å²) in [6.45, 7) is 3.81. The molecule has 0 aliphatic rings. The highest BCUT2D eigenvalue weighted by Gasteiger charge is 1.94. The summed E-state index contributed by atoms with van der Waals surface area (Å²) in [7, 11) is 0. The van der Waals surface area contributed by atoms with E-state index in [4.69, 9.17) is 4.74 Å². The average Bonchev–Trinajstić information content (AvgIpc) is 2.61. The van der Waals surface area contributed by atoms with Crippen molar-refractivity contribution in [2.24, 2.45) is 0 Å². The Morgan fingerprint density at radius 2 is 1.29 bits per heavy atom. The van der Waals surface area contributed by atoms with Gasteiger partial charge < -0.3 is 10.1 Å². The van der Waals surface area contributed by atoms with E-state index in [-0.39, 0.29) is 12.4 Å². The van der Waals surface area contributed by atoms with Crippen LogP contribution in [0.5, 0.6) is 0 Å². The highest BCUT2D eigenvalue weighted by atomic mass is 35.5. The molecule has 3 heteroatoms. The van der Waals surface area contributed by atoms with Crippen molar-refractivity contribution in [1.82, 2.24) is 5.32 Å². The van der Waals surface area contributed by atoms with Gasteiger partial charge in [-0.1, -0.05) is 73.5 Å². The summed E-state index contributed by atoms with van der Waals surface area (Å²) >= 11 is 0. The van der Waals surface area contributed by atoms with Gasteiger partial charge in [0.2, 0.25) is 0 Å². The fraction of sp³-hybridized carbons (Fsp3) is 0.429. The molecule has 2 rings (SSSR count). The molecular formula is C21H30ClNO. The van der Waals surface area contributed by atoms with Crippen LogP contribution in [-0.4, -0.2) is 19.8 Å². The van der Waals surface area contributed by atoms with E-state index < -0.39 is 0 Å². The third kappa shape index (κ3) is 9.71. The number of hydrogen-bond acceptors (Lipinski definition) is 2. The Labute approximate surface area is 153 Å². The molecule has 0 aromatic heterocycles. The maximum absolute atomic E-state index is 5.71. The largest absolute Gasteiger partial charge is 0.381 e. The van der Waals surface area contributed by atoms with Crippen LogP contribution in [0, 0.1) is 0 Å². The predicted octanol–water partition coefficient (Wildman–Crippen LogP) is 5.02. The van der Waals surface area contributed by atoms with Gasteiger partial charge in [-0.2, -0.15) is 0 Å². The standard InChI is InChI=1S/C21H29NO.ClH/c1(9-16-22-19-21-13-7-4-8-14-21)2-10-17-23-18-15-20-11-5-3-6-12-20;/h3-8,11-14,22H,1-2,9-10,15-19H2;1H. The van der Waals surface area contributed by atoms with Crippen LogP contribution in [0.3, 0.4) is 0 Å². The first-order valence-corrected chi connectivity index (χ1v) is 8.81. The summed E-state index contributed by atoms with van der Waals surface area (Å²) in [4.78, 5) is 0. The third-order valence-electron chi connectivity index (χ3n) is 3.94. The Bertz CT molecular complexity index is 456. The van der Waals surface area contributed by atoms with Gasteiger partial charge in [0.05, 0.1) is 6.61 Å². The zero-order chi connectivity index (χ0) is 16.0. The van der Waals surface area contributed by atoms with Gasteiger partial charge in [0, 0.05) is 13.2 Å². The SMILES string of the molecule is Cl.c1ccc(CCOCCCCCCNCc2ccccc2)cc1. The minimum Gasteiger partial charge on any atom is -0.381 e. The quantitative estimate of drug-likeness (QED) is 0.544. The van der Waals surface area contributed by atoms with Crippen LogP contribution in [-0.2, 0) is 17.7 Å². The highest BCUT2D eigenvalue weighted by Crippen LogP contribution is 2.03. The first kappa shape index (κ1) is 20.7. The summed E-state index contributed by atoms with van der Waals surface area (Å²) in [5.41, 5.74) is 2.72. The predicted molar refractivity (Wildman–Crippen MR) is 105 cm³/mol. The Hall–Kier alpha value is -1.35. The molecule has 2 aromatic rings. The number of benzene rings is 2. The minimum absolute atomic E-state index is 0. The van der Waals surface area contributed by atoms with Crippen LogP contribution in [0.1, 0.15) is 36.8 Å². The van der Waals surface area contributed by atoms with E-state index in [1.54, 1.807) is 0 Å². The molecule has 0 radical (unpaired) electrons. The molecule has 1 N–H and O–H groups in total. The molecule has 132 valence electrons. The minimum atomic E-state index is 0. The highest BCUT2D eigenvalue weighted by molar-refractivity contribution is 5.85. The molecule has 0 atom stereocenters. The van der Waals surface area contributed by atoms with Crippen LogP contribution >= 0.6 is 12.4 Å². The summed E-state index contributed by atoms with van der Waals surface area (Å²) in [6, 6.07) is 21.1. The van der Waals surface area contributed by atoms with Gasteiger partial charge >= 0.3 is 0 Å². The number of halogens is 1. The zero-order valence-electron chi connectivity index (χ0n) is 14.5. The normalized spacial score (nSPS) is 10.3. The van der Waals surface area contributed by atoms with Crippen LogP contribution < -0.4 is 5.32 Å². The summed E-state index contributed by atoms with van der Waals surface area (Å²) < 4.78 is 5.71. The van der Waals surface area contributed by atoms with Gasteiger partial charge in [-0.05, 0) is 36.9 Å². The molecule has 0 saturated carbocycles. The molecule has 0 aliphatic heterocycles. The van der Waals surface area contributed by atoms with E-state index in [1.807, 2.05) is 0 Å². The third-order valence-corrected chi connectivity index (χ3v) is 3.94. The van der Waals surface area contributed by atoms with Crippen molar-refractivity contribution < 1.29 is 4.74 Å². The van der Waals surface area contributed by atoms with E-state index in [2.05, 4.69) is 66.0 Å². The average molecular weight is 348 g/mol. The lowest BCUT2D eigenvalue weighted by Gasteiger charge is -2.06. The number of ether oxygens (including phenoxy) is 1. The van der Waals surface area contributed by atoms with Gasteiger partial charge in [-0.25, -0.2) is 0 Å². The lowest BCUT2D eigenvalue weighted by molar-refractivity contribution is 0.133. The monoisotopic (exact) mass is 347 g/mol. The molecule has 0 aliphatic carbocycles. The number of nitrogens with one attached hydrogen (secondary N) is 1. The second kappa shape index (κ2) is 14.0. The number of hydrogen-bond donors (Lipinski definition) is 1. The van der Waals surface area contributed by atoms with Gasteiger partial charge in [0.15, 0.2) is 0 Å². The smallest absolute Gasteiger partial charge is 0.0506 e. The van der Waals surface area contributed by atoms with E-state index in [0.29, 0.717) is 0 Å². The second-order valence-electron chi connectivity index (χ2n) is 5.92. The maximum Gasteiger partial charge on any atom is 0.0506 e. The first-order chi connectivity index (χ1) is 11.4. The Balaban J connectivity index is 0.00000288. The Kier molecular flexibility index (Phi) is 12.1. The molecule has 0 amide bonds. The van der Waals surface area contributed by atoms with Crippen molar-refractivity contribution in [3.8, 4) is 0 Å². The van der Waals surface area contributed by atoms with Crippen LogP contribution in [0.2, 0.25) is 0 Å². The number of unbranched alkanes of at least 4 members (excludes halogenated alkanes) is 3. The van der Waals surface area contributed by atoms with E-state index in [0.717, 1.165) is 32.7 Å². The summed E-state index contributed by atoms with van der Waals surface area (Å²) in [6.07, 6.45) is 5.98. The van der Waals surface area contributed by atoms with Crippen LogP contribution in [0.15, 0.2) is 60.7 Å². The first-order valence-electron chi connectivity index (χ1n) is 8.81. The zero-order valence-corrected chi connectivity index (χ0v) is 15.3. The van der Waals surface area contributed by atoms with Crippen molar-refractivity contribution in [3.05, 3.63) is 71.8 Å². The summed E-state index contributed by atoms with van der Waals surface area (Å²) in [5.74, 6) is 0. The molecule has 24 heavy (non-hydrogen) atoms. The van der Waals surface area contributed by atoms with Gasteiger partial charge in [0.25, 0.3) is 0 Å². The van der Waals surface area contributed by atoms with Gasteiger partial charge in [-0.3, -0.25) is 0 Å². The molecule has 0 unspecified atom stereocenters. The lowest BCUT2D eigenvalue weighted by Crippen LogP contribution is -2.14. The van der Waals surface area contributed by atoms with Crippen molar-refractivity contribution >= 4 is 12.4 Å². The Morgan fingerprint density at radius 3 is 2.00 bits per heavy atom. The van der Waals surface area contributed by atoms with Crippen LogP contribution in [0.25, 0.3) is 0 Å². The second-order valence-corrected chi connectivity index (χ2v) is 5.92. The van der Waals surface area contributed by atoms with Gasteiger partial charge in [0.1, 0.15) is 0 Å². The molecule has 0 bridgehead atoms. The molecule has 0 heterocycles. The lowest BCUT2D eigenvalue weighted by atomic mass is 10.2. The van der Waals surface area contributed by atoms with Crippen molar-refractivity contribution in [2.45, 2.75) is 38.6 Å². The molecule has 2 nitrogen and oxygen atoms in total. The fourth-order valence-corrected chi connectivity index (χ4v) is 2.57. The fourth-order valence-electron chi connectivity index (χ4n) is 2.57. The van der Waals surface area contributed by atoms with Crippen molar-refractivity contribution in [3.63, 3.8) is 0 Å². The van der Waals surface area contributed by atoms with E-state index >= 15 is 0 Å². The number of rotatable bonds is 12. The molecule has 2 aromatic carbocycles. The molecule has 0 saturated heterocycles. The summed E-state index contributed by atoms with van der Waals surface area (Å²) in [5, 5.41) is 3.50. The van der Waals surface area contributed by atoms with Crippen molar-refractivity contribution in [1.29, 1.82) is 0 Å². The maximum atomic E-state index is 5.71. The topological polar surface area (TPSA) is 21.3 Å². The van der Waals surface area contributed by atoms with E-state index in [9.17, 15) is 0 Å². The van der Waals surface area contributed by atoms with Crippen LogP contribution in [0.4, 0.5) is 0 Å². The molecule has 0 fully saturated rings. The van der Waals surface area contributed by atoms with Gasteiger partial charge in [-0.15, -0.1) is 12.4 Å². The van der Waals surface area contributed by atoms with Crippen molar-refractivity contribution in [2.75, 3.05) is 19.8 Å². The van der Waals surface area contributed by atoms with E-state index in [1.165, 1.54) is 36.8 Å². The molecule has 0 spiro atoms. The Morgan fingerprint density at radius 1 is 0.667 bits per heavy atom.